The highest BCUT2D eigenvalue weighted by Crippen LogP contribution is 2.19. The van der Waals surface area contributed by atoms with Gasteiger partial charge in [-0.2, -0.15) is 0 Å². The Hall–Kier alpha value is -0.830. The van der Waals surface area contributed by atoms with Crippen LogP contribution < -0.4 is 5.73 Å². The first-order valence-electron chi connectivity index (χ1n) is 4.21. The molecular formula is C9H17N3. The molecule has 0 saturated heterocycles. The maximum absolute atomic E-state index is 5.79. The standard InChI is InChI=1S/C9H17N3/c1-7(10)8-5-11-6-12(8)9(2,3)4/h5-7H,10H2,1-4H3/t7-/m1/s1. The predicted molar refractivity (Wildman–Crippen MR) is 49.8 cm³/mol. The van der Waals surface area contributed by atoms with E-state index in [2.05, 4.69) is 30.3 Å². The summed E-state index contributed by atoms with van der Waals surface area (Å²) in [6, 6.07) is 0.0479. The van der Waals surface area contributed by atoms with Crippen molar-refractivity contribution in [3.63, 3.8) is 0 Å². The van der Waals surface area contributed by atoms with Gasteiger partial charge in [-0.25, -0.2) is 4.98 Å². The Kier molecular flexibility index (Phi) is 2.24. The highest BCUT2D eigenvalue weighted by atomic mass is 15.1. The zero-order chi connectivity index (χ0) is 9.35. The number of imidazole rings is 1. The van der Waals surface area contributed by atoms with E-state index < -0.39 is 0 Å². The molecule has 1 aromatic heterocycles. The van der Waals surface area contributed by atoms with E-state index in [0.29, 0.717) is 0 Å². The number of nitrogens with zero attached hydrogens (tertiary/aromatic N) is 2. The summed E-state index contributed by atoms with van der Waals surface area (Å²) in [6.07, 6.45) is 3.66. The Bertz CT molecular complexity index is 255. The smallest absolute Gasteiger partial charge is 0.0953 e. The first kappa shape index (κ1) is 9.26. The molecule has 0 bridgehead atoms. The van der Waals surface area contributed by atoms with Crippen LogP contribution in [0.2, 0.25) is 0 Å². The van der Waals surface area contributed by atoms with Gasteiger partial charge in [0.05, 0.1) is 12.0 Å². The van der Waals surface area contributed by atoms with Crippen LogP contribution in [0.15, 0.2) is 12.5 Å². The van der Waals surface area contributed by atoms with E-state index in [1.807, 2.05) is 19.4 Å². The molecule has 0 aliphatic heterocycles. The van der Waals surface area contributed by atoms with Gasteiger partial charge in [0, 0.05) is 17.8 Å². The molecule has 0 aromatic carbocycles. The van der Waals surface area contributed by atoms with Crippen molar-refractivity contribution in [1.82, 2.24) is 9.55 Å². The normalized spacial score (nSPS) is 14.8. The average molecular weight is 167 g/mol. The zero-order valence-corrected chi connectivity index (χ0v) is 8.20. The van der Waals surface area contributed by atoms with Crippen LogP contribution >= 0.6 is 0 Å². The lowest BCUT2D eigenvalue weighted by Crippen LogP contribution is -2.25. The number of rotatable bonds is 1. The van der Waals surface area contributed by atoms with Crippen LogP contribution in [0.5, 0.6) is 0 Å². The molecule has 0 aliphatic carbocycles. The molecule has 0 radical (unpaired) electrons. The molecular weight excluding hydrogens is 150 g/mol. The molecule has 1 heterocycles. The van der Waals surface area contributed by atoms with Crippen LogP contribution in [-0.4, -0.2) is 9.55 Å². The van der Waals surface area contributed by atoms with E-state index in [9.17, 15) is 0 Å². The molecule has 1 aromatic rings. The van der Waals surface area contributed by atoms with Crippen LogP contribution in [0, 0.1) is 0 Å². The van der Waals surface area contributed by atoms with Crippen molar-refractivity contribution in [2.24, 2.45) is 5.73 Å². The first-order chi connectivity index (χ1) is 5.43. The molecule has 3 heteroatoms. The minimum Gasteiger partial charge on any atom is -0.328 e. The van der Waals surface area contributed by atoms with Gasteiger partial charge in [-0.1, -0.05) is 0 Å². The molecule has 1 atom stereocenters. The average Bonchev–Trinajstić information content (AvgIpc) is 2.30. The number of hydrogen-bond acceptors (Lipinski definition) is 2. The molecule has 12 heavy (non-hydrogen) atoms. The summed E-state index contributed by atoms with van der Waals surface area (Å²) in [4.78, 5) is 4.09. The SMILES string of the molecule is C[C@@H](N)c1cncn1C(C)(C)C. The van der Waals surface area contributed by atoms with Crippen LogP contribution in [0.3, 0.4) is 0 Å². The Balaban J connectivity index is 3.08. The fourth-order valence-electron chi connectivity index (χ4n) is 1.20. The summed E-state index contributed by atoms with van der Waals surface area (Å²) in [7, 11) is 0. The van der Waals surface area contributed by atoms with Crippen LogP contribution in [0.25, 0.3) is 0 Å². The Morgan fingerprint density at radius 3 is 2.42 bits per heavy atom. The molecule has 68 valence electrons. The van der Waals surface area contributed by atoms with Crippen molar-refractivity contribution in [1.29, 1.82) is 0 Å². The predicted octanol–water partition coefficient (Wildman–Crippen LogP) is 1.66. The van der Waals surface area contributed by atoms with Gasteiger partial charge in [0.2, 0.25) is 0 Å². The summed E-state index contributed by atoms with van der Waals surface area (Å²) in [5.74, 6) is 0. The molecule has 2 N–H and O–H groups in total. The van der Waals surface area contributed by atoms with E-state index >= 15 is 0 Å². The minimum absolute atomic E-state index is 0.0479. The summed E-state index contributed by atoms with van der Waals surface area (Å²) in [6.45, 7) is 8.39. The lowest BCUT2D eigenvalue weighted by Gasteiger charge is -2.24. The van der Waals surface area contributed by atoms with Gasteiger partial charge < -0.3 is 10.3 Å². The second-order valence-electron chi connectivity index (χ2n) is 4.15. The monoisotopic (exact) mass is 167 g/mol. The highest BCUT2D eigenvalue weighted by molar-refractivity contribution is 5.06. The lowest BCUT2D eigenvalue weighted by molar-refractivity contribution is 0.378. The molecule has 3 nitrogen and oxygen atoms in total. The summed E-state index contributed by atoms with van der Waals surface area (Å²) >= 11 is 0. The van der Waals surface area contributed by atoms with Crippen molar-refractivity contribution >= 4 is 0 Å². The van der Waals surface area contributed by atoms with Gasteiger partial charge in [-0.05, 0) is 27.7 Å². The van der Waals surface area contributed by atoms with Crippen molar-refractivity contribution < 1.29 is 0 Å². The van der Waals surface area contributed by atoms with Gasteiger partial charge in [-0.3, -0.25) is 0 Å². The quantitative estimate of drug-likeness (QED) is 0.691. The molecule has 1 rings (SSSR count). The summed E-state index contributed by atoms with van der Waals surface area (Å²) < 4.78 is 2.11. The fourth-order valence-corrected chi connectivity index (χ4v) is 1.20. The first-order valence-corrected chi connectivity index (χ1v) is 4.21. The van der Waals surface area contributed by atoms with E-state index in [1.54, 1.807) is 0 Å². The topological polar surface area (TPSA) is 43.8 Å². The van der Waals surface area contributed by atoms with Gasteiger partial charge in [-0.15, -0.1) is 0 Å². The van der Waals surface area contributed by atoms with Crippen molar-refractivity contribution in [3.05, 3.63) is 18.2 Å². The molecule has 0 aliphatic rings. The second kappa shape index (κ2) is 2.90. The third kappa shape index (κ3) is 1.67. The van der Waals surface area contributed by atoms with Gasteiger partial charge in [0.15, 0.2) is 0 Å². The number of nitrogens with two attached hydrogens (primary N) is 1. The lowest BCUT2D eigenvalue weighted by atomic mass is 10.1. The van der Waals surface area contributed by atoms with Crippen molar-refractivity contribution in [2.45, 2.75) is 39.3 Å². The van der Waals surface area contributed by atoms with Crippen LogP contribution in [0.4, 0.5) is 0 Å². The third-order valence-electron chi connectivity index (χ3n) is 1.86. The van der Waals surface area contributed by atoms with E-state index in [1.165, 1.54) is 0 Å². The fraction of sp³-hybridized carbons (Fsp3) is 0.667. The van der Waals surface area contributed by atoms with E-state index in [-0.39, 0.29) is 11.6 Å². The van der Waals surface area contributed by atoms with Crippen molar-refractivity contribution in [2.75, 3.05) is 0 Å². The largest absolute Gasteiger partial charge is 0.328 e. The summed E-state index contributed by atoms with van der Waals surface area (Å²) in [5, 5.41) is 0. The van der Waals surface area contributed by atoms with Crippen LogP contribution in [0.1, 0.15) is 39.4 Å². The molecule has 0 saturated carbocycles. The highest BCUT2D eigenvalue weighted by Gasteiger charge is 2.17. The van der Waals surface area contributed by atoms with E-state index in [4.69, 9.17) is 5.73 Å². The van der Waals surface area contributed by atoms with Gasteiger partial charge in [0.25, 0.3) is 0 Å². The van der Waals surface area contributed by atoms with Crippen molar-refractivity contribution in [3.8, 4) is 0 Å². The van der Waals surface area contributed by atoms with Gasteiger partial charge in [0.1, 0.15) is 0 Å². The Labute approximate surface area is 73.6 Å². The zero-order valence-electron chi connectivity index (χ0n) is 8.20. The van der Waals surface area contributed by atoms with Crippen LogP contribution in [-0.2, 0) is 5.54 Å². The van der Waals surface area contributed by atoms with Gasteiger partial charge >= 0.3 is 0 Å². The molecule has 0 unspecified atom stereocenters. The third-order valence-corrected chi connectivity index (χ3v) is 1.86. The minimum atomic E-state index is 0.0479. The molecule has 0 fully saturated rings. The Morgan fingerprint density at radius 2 is 2.08 bits per heavy atom. The maximum atomic E-state index is 5.79. The molecule has 0 amide bonds. The van der Waals surface area contributed by atoms with E-state index in [0.717, 1.165) is 5.69 Å². The molecule has 0 spiro atoms. The maximum Gasteiger partial charge on any atom is 0.0953 e. The second-order valence-corrected chi connectivity index (χ2v) is 4.15. The number of aromatic nitrogens is 2. The number of hydrogen-bond donors (Lipinski definition) is 1. The summed E-state index contributed by atoms with van der Waals surface area (Å²) in [5.41, 5.74) is 6.95. The Morgan fingerprint density at radius 1 is 1.50 bits per heavy atom.